The number of carbonyl (C=O) groups excluding carboxylic acids is 2. The molecule has 0 spiro atoms. The van der Waals surface area contributed by atoms with Crippen molar-refractivity contribution < 1.29 is 24.2 Å². The van der Waals surface area contributed by atoms with Crippen LogP contribution in [-0.4, -0.2) is 35.6 Å². The van der Waals surface area contributed by atoms with Crippen molar-refractivity contribution in [2.45, 2.75) is 12.5 Å². The van der Waals surface area contributed by atoms with Crippen molar-refractivity contribution in [3.05, 3.63) is 35.9 Å². The minimum atomic E-state index is -1.44. The van der Waals surface area contributed by atoms with Crippen LogP contribution in [0.3, 0.4) is 0 Å². The number of esters is 2. The molecule has 1 unspecified atom stereocenters. The number of hydrogen-bond acceptors (Lipinski definition) is 6. The number of carboxylic acid groups (broad SMARTS) is 1. The summed E-state index contributed by atoms with van der Waals surface area (Å²) in [6.07, 6.45) is 0.0588. The van der Waals surface area contributed by atoms with Crippen molar-refractivity contribution in [3.63, 3.8) is 0 Å². The van der Waals surface area contributed by atoms with E-state index in [1.807, 2.05) is 0 Å². The maximum absolute atomic E-state index is 11.6. The quantitative estimate of drug-likeness (QED) is 0.463. The van der Waals surface area contributed by atoms with E-state index in [0.29, 0.717) is 5.56 Å². The van der Waals surface area contributed by atoms with E-state index < -0.39 is 36.4 Å². The number of nitrogens with two attached hydrogens (primary N) is 2. The van der Waals surface area contributed by atoms with Crippen molar-refractivity contribution in [2.24, 2.45) is 17.4 Å². The molecule has 2 atom stereocenters. The molecule has 5 N–H and O–H groups in total. The molecule has 0 saturated carbocycles. The topological polar surface area (TPSA) is 133 Å². The molecule has 0 radical (unpaired) electrons. The highest BCUT2D eigenvalue weighted by atomic mass is 16.6. The first-order chi connectivity index (χ1) is 9.45. The van der Waals surface area contributed by atoms with Gasteiger partial charge in [0.25, 0.3) is 0 Å². The van der Waals surface area contributed by atoms with Crippen molar-refractivity contribution in [3.8, 4) is 0 Å². The number of aliphatic carboxylic acids is 1. The van der Waals surface area contributed by atoms with Crippen molar-refractivity contribution in [2.75, 3.05) is 6.54 Å². The number of carbonyl (C=O) groups is 3. The molecule has 0 amide bonds. The third-order valence-electron chi connectivity index (χ3n) is 2.70. The minimum absolute atomic E-state index is 0.0588. The van der Waals surface area contributed by atoms with Gasteiger partial charge < -0.3 is 21.3 Å². The van der Waals surface area contributed by atoms with Crippen LogP contribution >= 0.6 is 0 Å². The number of ether oxygens (including phenoxy) is 1. The van der Waals surface area contributed by atoms with E-state index in [9.17, 15) is 14.4 Å². The Hall–Kier alpha value is -2.25. The predicted octanol–water partition coefficient (Wildman–Crippen LogP) is -0.714. The molecule has 0 aliphatic carbocycles. The molecular weight excluding hydrogens is 264 g/mol. The Bertz CT molecular complexity index is 489. The maximum Gasteiger partial charge on any atom is 0.331 e. The first-order valence-electron chi connectivity index (χ1n) is 5.92. The van der Waals surface area contributed by atoms with Gasteiger partial charge in [-0.2, -0.15) is 0 Å². The zero-order chi connectivity index (χ0) is 15.1. The van der Waals surface area contributed by atoms with Gasteiger partial charge in [-0.1, -0.05) is 30.3 Å². The zero-order valence-corrected chi connectivity index (χ0v) is 10.7. The van der Waals surface area contributed by atoms with Gasteiger partial charge in [0.2, 0.25) is 0 Å². The lowest BCUT2D eigenvalue weighted by Crippen LogP contribution is -2.45. The van der Waals surface area contributed by atoms with Crippen LogP contribution in [0.15, 0.2) is 30.3 Å². The second-order valence-electron chi connectivity index (χ2n) is 4.16. The average Bonchev–Trinajstić information content (AvgIpc) is 2.44. The summed E-state index contributed by atoms with van der Waals surface area (Å²) in [6, 6.07) is 7.28. The Morgan fingerprint density at radius 1 is 1.20 bits per heavy atom. The van der Waals surface area contributed by atoms with Crippen molar-refractivity contribution >= 4 is 17.9 Å². The van der Waals surface area contributed by atoms with E-state index in [-0.39, 0.29) is 6.42 Å². The van der Waals surface area contributed by atoms with E-state index in [4.69, 9.17) is 16.6 Å². The Kier molecular flexibility index (Phi) is 5.82. The van der Waals surface area contributed by atoms with Crippen LogP contribution in [0.1, 0.15) is 5.56 Å². The van der Waals surface area contributed by atoms with Gasteiger partial charge in [0, 0.05) is 0 Å². The Labute approximate surface area is 115 Å². The summed E-state index contributed by atoms with van der Waals surface area (Å²) in [6.45, 7) is -0.477. The van der Waals surface area contributed by atoms with Crippen LogP contribution in [0, 0.1) is 5.92 Å². The predicted molar refractivity (Wildman–Crippen MR) is 69.4 cm³/mol. The van der Waals surface area contributed by atoms with Gasteiger partial charge in [-0.3, -0.25) is 9.59 Å². The molecule has 1 aromatic carbocycles. The summed E-state index contributed by atoms with van der Waals surface area (Å²) in [5.41, 5.74) is 11.3. The SMILES string of the molecule is NCC(=O)OC(=O)[C@@H](N)C(Cc1ccccc1)C(=O)O. The summed E-state index contributed by atoms with van der Waals surface area (Å²) < 4.78 is 4.34. The average molecular weight is 280 g/mol. The maximum atomic E-state index is 11.6. The highest BCUT2D eigenvalue weighted by Crippen LogP contribution is 2.13. The largest absolute Gasteiger partial charge is 0.481 e. The molecule has 7 nitrogen and oxygen atoms in total. The molecular formula is C13H16N2O5. The standard InChI is InChI=1S/C13H16N2O5/c14-7-10(16)20-13(19)11(15)9(12(17)18)6-8-4-2-1-3-5-8/h1-5,9,11H,6-7,14-15H2,(H,17,18)/t9?,11-/m0/s1. The van der Waals surface area contributed by atoms with Crippen molar-refractivity contribution in [1.82, 2.24) is 0 Å². The summed E-state index contributed by atoms with van der Waals surface area (Å²) in [5.74, 6) is -4.47. The number of hydrogen-bond donors (Lipinski definition) is 3. The normalized spacial score (nSPS) is 13.3. The smallest absolute Gasteiger partial charge is 0.331 e. The fourth-order valence-corrected chi connectivity index (χ4v) is 1.62. The molecule has 20 heavy (non-hydrogen) atoms. The first kappa shape index (κ1) is 15.8. The molecule has 0 fully saturated rings. The Balaban J connectivity index is 2.78. The lowest BCUT2D eigenvalue weighted by molar-refractivity contribution is -0.163. The van der Waals surface area contributed by atoms with Gasteiger partial charge in [-0.15, -0.1) is 0 Å². The van der Waals surface area contributed by atoms with Crippen LogP contribution in [-0.2, 0) is 25.5 Å². The van der Waals surface area contributed by atoms with Crippen LogP contribution in [0.5, 0.6) is 0 Å². The second kappa shape index (κ2) is 7.37. The van der Waals surface area contributed by atoms with E-state index in [2.05, 4.69) is 4.74 Å². The summed E-state index contributed by atoms with van der Waals surface area (Å²) >= 11 is 0. The first-order valence-corrected chi connectivity index (χ1v) is 5.92. The fourth-order valence-electron chi connectivity index (χ4n) is 1.62. The number of carboxylic acids is 1. The third-order valence-corrected chi connectivity index (χ3v) is 2.70. The molecule has 0 aliphatic heterocycles. The molecule has 0 aliphatic rings. The highest BCUT2D eigenvalue weighted by Gasteiger charge is 2.33. The monoisotopic (exact) mass is 280 g/mol. The van der Waals surface area contributed by atoms with Gasteiger partial charge in [-0.25, -0.2) is 4.79 Å². The molecule has 0 heterocycles. The van der Waals surface area contributed by atoms with Crippen LogP contribution in [0.4, 0.5) is 0 Å². The summed E-state index contributed by atoms with van der Waals surface area (Å²) in [7, 11) is 0. The van der Waals surface area contributed by atoms with E-state index in [1.165, 1.54) is 0 Å². The fraction of sp³-hybridized carbons (Fsp3) is 0.308. The molecule has 7 heteroatoms. The summed E-state index contributed by atoms with van der Waals surface area (Å²) in [5, 5.41) is 9.15. The number of benzene rings is 1. The minimum Gasteiger partial charge on any atom is -0.481 e. The zero-order valence-electron chi connectivity index (χ0n) is 10.7. The molecule has 0 bridgehead atoms. The molecule has 0 saturated heterocycles. The number of rotatable bonds is 6. The Morgan fingerprint density at radius 2 is 1.80 bits per heavy atom. The van der Waals surface area contributed by atoms with Gasteiger partial charge in [-0.05, 0) is 12.0 Å². The van der Waals surface area contributed by atoms with Crippen LogP contribution in [0.25, 0.3) is 0 Å². The molecule has 0 aromatic heterocycles. The summed E-state index contributed by atoms with van der Waals surface area (Å²) in [4.78, 5) is 33.7. The van der Waals surface area contributed by atoms with Crippen LogP contribution < -0.4 is 11.5 Å². The van der Waals surface area contributed by atoms with E-state index in [0.717, 1.165) is 0 Å². The molecule has 1 rings (SSSR count). The van der Waals surface area contributed by atoms with Gasteiger partial charge in [0.1, 0.15) is 6.04 Å². The van der Waals surface area contributed by atoms with Gasteiger partial charge in [0.05, 0.1) is 12.5 Å². The second-order valence-corrected chi connectivity index (χ2v) is 4.16. The molecule has 1 aromatic rings. The molecule has 108 valence electrons. The van der Waals surface area contributed by atoms with E-state index in [1.54, 1.807) is 30.3 Å². The third kappa shape index (κ3) is 4.45. The lowest BCUT2D eigenvalue weighted by atomic mass is 9.93. The van der Waals surface area contributed by atoms with E-state index >= 15 is 0 Å². The van der Waals surface area contributed by atoms with Gasteiger partial charge >= 0.3 is 17.9 Å². The van der Waals surface area contributed by atoms with Crippen molar-refractivity contribution in [1.29, 1.82) is 0 Å². The Morgan fingerprint density at radius 3 is 2.30 bits per heavy atom. The van der Waals surface area contributed by atoms with Crippen LogP contribution in [0.2, 0.25) is 0 Å². The van der Waals surface area contributed by atoms with Gasteiger partial charge in [0.15, 0.2) is 0 Å². The lowest BCUT2D eigenvalue weighted by Gasteiger charge is -2.18. The highest BCUT2D eigenvalue weighted by molar-refractivity contribution is 5.91.